The van der Waals surface area contributed by atoms with Crippen molar-refractivity contribution in [3.8, 4) is 0 Å². The predicted octanol–water partition coefficient (Wildman–Crippen LogP) is -6.12. The van der Waals surface area contributed by atoms with E-state index in [1.165, 1.54) is 11.1 Å². The largest absolute Gasteiger partial charge is 1.00 e. The number of carboxylic acids is 2. The molecule has 1 aliphatic heterocycles. The Balaban J connectivity index is 0.00000182. The second-order valence-electron chi connectivity index (χ2n) is 5.52. The van der Waals surface area contributed by atoms with E-state index in [1.807, 2.05) is 0 Å². The number of carboxylic acid groups (broad SMARTS) is 2. The zero-order valence-corrected chi connectivity index (χ0v) is 21.8. The number of aliphatic carboxylic acids is 2. The average Bonchev–Trinajstić information content (AvgIpc) is 2.81. The number of carbonyl (C=O) groups is 2. The second kappa shape index (κ2) is 11.2. The van der Waals surface area contributed by atoms with Crippen molar-refractivity contribution in [2.45, 2.75) is 18.8 Å². The number of para-hydroxylation sites is 1. The first-order valence-electron chi connectivity index (χ1n) is 7.37. The standard InChI is InChI=1S/C17H14ClN2O5.2K/c18-11-5-3-4-10(8-11)9-19-13-7-2-1-6-12(13)15(21)20(19)14(16(22)23)17(24)25;;/h1-8,14-15H,9H2,(H,22,23)(H,24,25);;/q;2*+1/p-2. The molecule has 0 saturated heterocycles. The Kier molecular flexibility index (Phi) is 10.6. The van der Waals surface area contributed by atoms with E-state index in [0.717, 1.165) is 5.01 Å². The number of halogens is 1. The van der Waals surface area contributed by atoms with Crippen LogP contribution in [-0.4, -0.2) is 23.0 Å². The van der Waals surface area contributed by atoms with Gasteiger partial charge in [0.1, 0.15) is 6.04 Å². The van der Waals surface area contributed by atoms with E-state index in [4.69, 9.17) is 11.6 Å². The van der Waals surface area contributed by atoms with Crippen LogP contribution in [0.15, 0.2) is 48.5 Å². The Morgan fingerprint density at radius 2 is 1.67 bits per heavy atom. The minimum Gasteiger partial charge on any atom is -0.548 e. The van der Waals surface area contributed by atoms with Gasteiger partial charge in [-0.1, -0.05) is 41.9 Å². The van der Waals surface area contributed by atoms with Gasteiger partial charge in [0.15, 0.2) is 6.23 Å². The van der Waals surface area contributed by atoms with Crippen molar-refractivity contribution < 1.29 is 128 Å². The molecule has 1 unspecified atom stereocenters. The van der Waals surface area contributed by atoms with Crippen molar-refractivity contribution in [2.75, 3.05) is 5.01 Å². The summed E-state index contributed by atoms with van der Waals surface area (Å²) in [4.78, 5) is 22.6. The quantitative estimate of drug-likeness (QED) is 0.340. The predicted molar refractivity (Wildman–Crippen MR) is 83.1 cm³/mol. The van der Waals surface area contributed by atoms with Crippen LogP contribution in [0.5, 0.6) is 0 Å². The first-order chi connectivity index (χ1) is 11.9. The van der Waals surface area contributed by atoms with Crippen LogP contribution in [0.2, 0.25) is 5.02 Å². The maximum atomic E-state index is 12.7. The summed E-state index contributed by atoms with van der Waals surface area (Å²) in [7, 11) is 0. The zero-order chi connectivity index (χ0) is 18.1. The van der Waals surface area contributed by atoms with Crippen LogP contribution in [0.1, 0.15) is 17.4 Å². The molecule has 1 atom stereocenters. The molecule has 0 fully saturated rings. The van der Waals surface area contributed by atoms with E-state index in [1.54, 1.807) is 42.5 Å². The Morgan fingerprint density at radius 1 is 1.04 bits per heavy atom. The van der Waals surface area contributed by atoms with Crippen molar-refractivity contribution >= 4 is 29.2 Å². The summed E-state index contributed by atoms with van der Waals surface area (Å²) in [5, 5.41) is 37.8. The molecule has 7 nitrogen and oxygen atoms in total. The van der Waals surface area contributed by atoms with Crippen LogP contribution < -0.4 is 118 Å². The van der Waals surface area contributed by atoms with Gasteiger partial charge < -0.3 is 19.8 Å². The molecule has 1 radical (unpaired) electrons. The first kappa shape index (κ1) is 25.7. The first-order valence-corrected chi connectivity index (χ1v) is 7.74. The van der Waals surface area contributed by atoms with Crippen molar-refractivity contribution in [1.82, 2.24) is 5.01 Å². The van der Waals surface area contributed by atoms with Crippen molar-refractivity contribution in [3.05, 3.63) is 64.7 Å². The Hall–Kier alpha value is 0.663. The van der Waals surface area contributed by atoms with Crippen LogP contribution in [-0.2, 0) is 21.2 Å². The van der Waals surface area contributed by atoms with E-state index in [-0.39, 0.29) is 115 Å². The summed E-state index contributed by atoms with van der Waals surface area (Å²) < 4.78 is 0. The molecule has 0 amide bonds. The molecule has 27 heavy (non-hydrogen) atoms. The molecule has 0 N–H and O–H groups in total. The molecule has 10 heteroatoms. The average molecular weight is 438 g/mol. The molecule has 0 aromatic heterocycles. The van der Waals surface area contributed by atoms with Crippen LogP contribution in [0, 0.1) is 0 Å². The molecule has 1 heterocycles. The number of nitrogens with zero attached hydrogens (tertiary/aromatic N) is 2. The maximum absolute atomic E-state index is 12.7. The van der Waals surface area contributed by atoms with E-state index < -0.39 is 24.2 Å². The molecule has 129 valence electrons. The molecule has 1 aliphatic rings. The molecule has 2 aromatic rings. The molecular weight excluding hydrogens is 426 g/mol. The molecule has 2 aromatic carbocycles. The fraction of sp³-hybridized carbons (Fsp3) is 0.176. The van der Waals surface area contributed by atoms with Gasteiger partial charge in [0.25, 0.3) is 0 Å². The van der Waals surface area contributed by atoms with Crippen LogP contribution >= 0.6 is 11.6 Å². The number of hydrogen-bond acceptors (Lipinski definition) is 6. The molecule has 0 bridgehead atoms. The summed E-state index contributed by atoms with van der Waals surface area (Å²) in [5.74, 6) is -3.82. The number of carbonyl (C=O) groups excluding carboxylic acids is 2. The summed E-state index contributed by atoms with van der Waals surface area (Å²) in [6, 6.07) is 11.0. The van der Waals surface area contributed by atoms with Crippen molar-refractivity contribution in [3.63, 3.8) is 0 Å². The van der Waals surface area contributed by atoms with Gasteiger partial charge >= 0.3 is 103 Å². The fourth-order valence-electron chi connectivity index (χ4n) is 2.89. The number of anilines is 1. The third-order valence-corrected chi connectivity index (χ3v) is 4.17. The zero-order valence-electron chi connectivity index (χ0n) is 14.8. The molecular formula is C17H12ClK2N2O5. The van der Waals surface area contributed by atoms with Crippen molar-refractivity contribution in [1.29, 1.82) is 0 Å². The van der Waals surface area contributed by atoms with E-state index >= 15 is 0 Å². The number of hydrazine groups is 1. The maximum Gasteiger partial charge on any atom is 1.00 e. The second-order valence-corrected chi connectivity index (χ2v) is 5.96. The molecule has 0 saturated carbocycles. The van der Waals surface area contributed by atoms with Gasteiger partial charge in [0.05, 0.1) is 24.2 Å². The van der Waals surface area contributed by atoms with Gasteiger partial charge in [-0.05, 0) is 23.8 Å². The van der Waals surface area contributed by atoms with E-state index in [9.17, 15) is 24.9 Å². The molecule has 0 aliphatic carbocycles. The number of fused-ring (bicyclic) bond motifs is 1. The number of benzene rings is 2. The van der Waals surface area contributed by atoms with Gasteiger partial charge in [0, 0.05) is 10.6 Å². The normalized spacial score (nSPS) is 15.7. The smallest absolute Gasteiger partial charge is 0.548 e. The van der Waals surface area contributed by atoms with E-state index in [2.05, 4.69) is 0 Å². The van der Waals surface area contributed by atoms with E-state index in [0.29, 0.717) is 16.3 Å². The van der Waals surface area contributed by atoms with Crippen LogP contribution in [0.3, 0.4) is 0 Å². The summed E-state index contributed by atoms with van der Waals surface area (Å²) in [6.45, 7) is 0.0629. The minimum atomic E-state index is -2.21. The summed E-state index contributed by atoms with van der Waals surface area (Å²) in [6.07, 6.45) is -1.71. The Labute approximate surface area is 246 Å². The summed E-state index contributed by atoms with van der Waals surface area (Å²) in [5.41, 5.74) is 1.38. The molecule has 0 spiro atoms. The topological polar surface area (TPSA) is 107 Å². The number of rotatable bonds is 5. The SMILES string of the molecule is [K+].[K+].[O]C1c2ccccc2N(Cc2cccc(Cl)c2)N1C(C(=O)[O-])C(=O)[O-]. The van der Waals surface area contributed by atoms with Gasteiger partial charge in [-0.3, -0.25) is 5.01 Å². The molecule has 3 rings (SSSR count). The minimum absolute atomic E-state index is 0. The Bertz CT molecular complexity index is 824. The third-order valence-electron chi connectivity index (χ3n) is 3.93. The van der Waals surface area contributed by atoms with Gasteiger partial charge in [-0.25, -0.2) is 5.11 Å². The number of hydrogen-bond donors (Lipinski definition) is 0. The van der Waals surface area contributed by atoms with Crippen LogP contribution in [0.4, 0.5) is 5.69 Å². The Morgan fingerprint density at radius 3 is 2.26 bits per heavy atom. The van der Waals surface area contributed by atoms with Gasteiger partial charge in [0.2, 0.25) is 0 Å². The summed E-state index contributed by atoms with van der Waals surface area (Å²) >= 11 is 5.96. The van der Waals surface area contributed by atoms with Crippen molar-refractivity contribution in [2.24, 2.45) is 0 Å². The van der Waals surface area contributed by atoms with Crippen LogP contribution in [0.25, 0.3) is 0 Å². The third kappa shape index (κ3) is 5.63. The monoisotopic (exact) mass is 437 g/mol. The van der Waals surface area contributed by atoms with Gasteiger partial charge in [-0.2, -0.15) is 5.01 Å². The van der Waals surface area contributed by atoms with Gasteiger partial charge in [-0.15, -0.1) is 0 Å². The fourth-order valence-corrected chi connectivity index (χ4v) is 3.10.